The molecule has 3 heteroatoms. The van der Waals surface area contributed by atoms with E-state index in [1.165, 1.54) is 17.9 Å². The lowest BCUT2D eigenvalue weighted by Crippen LogP contribution is -1.98. The molecule has 0 fully saturated rings. The predicted octanol–water partition coefficient (Wildman–Crippen LogP) is 3.46. The van der Waals surface area contributed by atoms with Crippen LogP contribution in [0.4, 0.5) is 0 Å². The number of hydrogen-bond acceptors (Lipinski definition) is 2. The number of aromatic nitrogens is 1. The van der Waals surface area contributed by atoms with Gasteiger partial charge in [0.25, 0.3) is 0 Å². The molecule has 0 aliphatic carbocycles. The Morgan fingerprint density at radius 1 is 1.44 bits per heavy atom. The van der Waals surface area contributed by atoms with E-state index in [0.29, 0.717) is 0 Å². The molecule has 1 unspecified atom stereocenters. The molecule has 0 bridgehead atoms. The Morgan fingerprint density at radius 2 is 2.25 bits per heavy atom. The highest BCUT2D eigenvalue weighted by atomic mass is 32.2. The van der Waals surface area contributed by atoms with Crippen molar-refractivity contribution in [2.75, 3.05) is 11.5 Å². The van der Waals surface area contributed by atoms with E-state index in [-0.39, 0.29) is 6.10 Å². The van der Waals surface area contributed by atoms with E-state index in [9.17, 15) is 5.11 Å². The van der Waals surface area contributed by atoms with Gasteiger partial charge in [-0.05, 0) is 36.0 Å². The Balaban J connectivity index is 2.33. The van der Waals surface area contributed by atoms with Gasteiger partial charge in [0.1, 0.15) is 0 Å². The summed E-state index contributed by atoms with van der Waals surface area (Å²) in [7, 11) is 0. The minimum atomic E-state index is -0.281. The van der Waals surface area contributed by atoms with Crippen molar-refractivity contribution < 1.29 is 5.11 Å². The molecule has 1 rings (SSSR count). The quantitative estimate of drug-likeness (QED) is 0.705. The Labute approximate surface area is 103 Å². The molecule has 1 aromatic heterocycles. The van der Waals surface area contributed by atoms with E-state index in [2.05, 4.69) is 30.8 Å². The SMILES string of the molecule is CCCC(O)c1ccn(CCCSCC)c1. The van der Waals surface area contributed by atoms with Crippen molar-refractivity contribution in [2.45, 2.75) is 45.8 Å². The van der Waals surface area contributed by atoms with Gasteiger partial charge >= 0.3 is 0 Å². The van der Waals surface area contributed by atoms with Crippen LogP contribution in [0.25, 0.3) is 0 Å². The van der Waals surface area contributed by atoms with E-state index in [0.717, 1.165) is 24.9 Å². The molecule has 1 N–H and O–H groups in total. The molecule has 0 saturated heterocycles. The molecule has 0 aliphatic rings. The van der Waals surface area contributed by atoms with Crippen LogP contribution in [0.5, 0.6) is 0 Å². The summed E-state index contributed by atoms with van der Waals surface area (Å²) in [5.41, 5.74) is 1.06. The van der Waals surface area contributed by atoms with E-state index in [1.54, 1.807) is 0 Å². The first-order valence-electron chi connectivity index (χ1n) is 6.19. The number of nitrogens with zero attached hydrogens (tertiary/aromatic N) is 1. The molecule has 2 nitrogen and oxygen atoms in total. The van der Waals surface area contributed by atoms with Gasteiger partial charge in [0.05, 0.1) is 6.10 Å². The number of thioether (sulfide) groups is 1. The second-order valence-corrected chi connectivity index (χ2v) is 5.43. The van der Waals surface area contributed by atoms with E-state index >= 15 is 0 Å². The fourth-order valence-electron chi connectivity index (χ4n) is 1.73. The number of aliphatic hydroxyl groups excluding tert-OH is 1. The van der Waals surface area contributed by atoms with Crippen molar-refractivity contribution in [3.8, 4) is 0 Å². The lowest BCUT2D eigenvalue weighted by Gasteiger charge is -2.06. The number of rotatable bonds is 8. The van der Waals surface area contributed by atoms with Crippen LogP contribution in [0.1, 0.15) is 44.8 Å². The van der Waals surface area contributed by atoms with Crippen molar-refractivity contribution >= 4 is 11.8 Å². The topological polar surface area (TPSA) is 25.2 Å². The maximum Gasteiger partial charge on any atom is 0.0804 e. The minimum Gasteiger partial charge on any atom is -0.388 e. The van der Waals surface area contributed by atoms with Crippen LogP contribution in [-0.4, -0.2) is 21.2 Å². The summed E-state index contributed by atoms with van der Waals surface area (Å²) in [6.45, 7) is 5.35. The monoisotopic (exact) mass is 241 g/mol. The van der Waals surface area contributed by atoms with E-state index < -0.39 is 0 Å². The molecule has 0 radical (unpaired) electrons. The summed E-state index contributed by atoms with van der Waals surface area (Å²) in [6, 6.07) is 2.04. The van der Waals surface area contributed by atoms with Crippen LogP contribution in [-0.2, 0) is 6.54 Å². The van der Waals surface area contributed by atoms with Crippen LogP contribution < -0.4 is 0 Å². The molecule has 0 spiro atoms. The number of hydrogen-bond donors (Lipinski definition) is 1. The van der Waals surface area contributed by atoms with Crippen molar-refractivity contribution in [3.05, 3.63) is 24.0 Å². The second-order valence-electron chi connectivity index (χ2n) is 4.04. The summed E-state index contributed by atoms with van der Waals surface area (Å²) in [5, 5.41) is 9.83. The molecular weight excluding hydrogens is 218 g/mol. The Morgan fingerprint density at radius 3 is 2.94 bits per heavy atom. The molecule has 92 valence electrons. The van der Waals surface area contributed by atoms with Crippen molar-refractivity contribution in [1.29, 1.82) is 0 Å². The zero-order valence-corrected chi connectivity index (χ0v) is 11.2. The Kier molecular flexibility index (Phi) is 6.65. The zero-order chi connectivity index (χ0) is 11.8. The maximum absolute atomic E-state index is 9.83. The molecule has 0 saturated carbocycles. The highest BCUT2D eigenvalue weighted by Gasteiger charge is 2.07. The zero-order valence-electron chi connectivity index (χ0n) is 10.4. The number of aliphatic hydroxyl groups is 1. The second kappa shape index (κ2) is 7.80. The lowest BCUT2D eigenvalue weighted by atomic mass is 10.1. The standard InChI is InChI=1S/C13H23NOS/c1-3-6-13(15)12-7-9-14(11-12)8-5-10-16-4-2/h7,9,11,13,15H,3-6,8,10H2,1-2H3. The largest absolute Gasteiger partial charge is 0.388 e. The highest BCUT2D eigenvalue weighted by Crippen LogP contribution is 2.18. The molecule has 16 heavy (non-hydrogen) atoms. The third-order valence-electron chi connectivity index (χ3n) is 2.63. The van der Waals surface area contributed by atoms with Crippen LogP contribution in [0.2, 0.25) is 0 Å². The summed E-state index contributed by atoms with van der Waals surface area (Å²) in [5.74, 6) is 2.42. The van der Waals surface area contributed by atoms with Crippen molar-refractivity contribution in [2.24, 2.45) is 0 Å². The molecular formula is C13H23NOS. The molecule has 0 amide bonds. The van der Waals surface area contributed by atoms with Crippen LogP contribution in [0.15, 0.2) is 18.5 Å². The van der Waals surface area contributed by atoms with Crippen LogP contribution in [0.3, 0.4) is 0 Å². The summed E-state index contributed by atoms with van der Waals surface area (Å²) in [4.78, 5) is 0. The summed E-state index contributed by atoms with van der Waals surface area (Å²) < 4.78 is 2.18. The third-order valence-corrected chi connectivity index (χ3v) is 3.61. The van der Waals surface area contributed by atoms with Gasteiger partial charge in [-0.3, -0.25) is 0 Å². The fraction of sp³-hybridized carbons (Fsp3) is 0.692. The van der Waals surface area contributed by atoms with Crippen LogP contribution >= 0.6 is 11.8 Å². The van der Waals surface area contributed by atoms with Gasteiger partial charge in [0, 0.05) is 18.9 Å². The van der Waals surface area contributed by atoms with Crippen molar-refractivity contribution in [1.82, 2.24) is 4.57 Å². The minimum absolute atomic E-state index is 0.281. The Bertz CT molecular complexity index is 285. The van der Waals surface area contributed by atoms with Gasteiger partial charge in [-0.15, -0.1) is 0 Å². The fourth-order valence-corrected chi connectivity index (χ4v) is 2.35. The first kappa shape index (κ1) is 13.7. The van der Waals surface area contributed by atoms with Gasteiger partial charge in [-0.1, -0.05) is 20.3 Å². The van der Waals surface area contributed by atoms with Gasteiger partial charge in [0.2, 0.25) is 0 Å². The molecule has 1 heterocycles. The Hall–Kier alpha value is -0.410. The predicted molar refractivity (Wildman–Crippen MR) is 71.9 cm³/mol. The third kappa shape index (κ3) is 4.62. The highest BCUT2D eigenvalue weighted by molar-refractivity contribution is 7.99. The lowest BCUT2D eigenvalue weighted by molar-refractivity contribution is 0.166. The molecule has 0 aliphatic heterocycles. The first-order chi connectivity index (χ1) is 7.77. The smallest absolute Gasteiger partial charge is 0.0804 e. The van der Waals surface area contributed by atoms with Crippen molar-refractivity contribution in [3.63, 3.8) is 0 Å². The van der Waals surface area contributed by atoms with Gasteiger partial charge in [-0.2, -0.15) is 11.8 Å². The molecule has 1 atom stereocenters. The van der Waals surface area contributed by atoms with Crippen LogP contribution in [0, 0.1) is 0 Å². The average Bonchev–Trinajstić information content (AvgIpc) is 2.73. The molecule has 0 aromatic carbocycles. The first-order valence-corrected chi connectivity index (χ1v) is 7.34. The molecule has 1 aromatic rings. The summed E-state index contributed by atoms with van der Waals surface area (Å²) in [6.07, 6.45) is 6.96. The van der Waals surface area contributed by atoms with E-state index in [4.69, 9.17) is 0 Å². The maximum atomic E-state index is 9.83. The van der Waals surface area contributed by atoms with Gasteiger partial charge in [-0.25, -0.2) is 0 Å². The summed E-state index contributed by atoms with van der Waals surface area (Å²) >= 11 is 1.99. The van der Waals surface area contributed by atoms with E-state index in [1.807, 2.05) is 17.8 Å². The van der Waals surface area contributed by atoms with Gasteiger partial charge < -0.3 is 9.67 Å². The van der Waals surface area contributed by atoms with Gasteiger partial charge in [0.15, 0.2) is 0 Å². The number of aryl methyl sites for hydroxylation is 1. The normalized spacial score (nSPS) is 12.9. The average molecular weight is 241 g/mol.